The van der Waals surface area contributed by atoms with E-state index in [4.69, 9.17) is 0 Å². The van der Waals surface area contributed by atoms with Crippen molar-refractivity contribution in [3.05, 3.63) is 53.1 Å². The van der Waals surface area contributed by atoms with Gasteiger partial charge in [-0.25, -0.2) is 4.39 Å². The molecule has 0 spiro atoms. The summed E-state index contributed by atoms with van der Waals surface area (Å²) in [5.41, 5.74) is 3.10. The number of nitrogens with one attached hydrogen (secondary N) is 1. The number of rotatable bonds is 5. The summed E-state index contributed by atoms with van der Waals surface area (Å²) in [6.07, 6.45) is 2.57. The lowest BCUT2D eigenvalue weighted by atomic mass is 10.1. The molecule has 0 amide bonds. The number of hydrogen-bond donors (Lipinski definition) is 1. The second-order valence-electron chi connectivity index (χ2n) is 4.40. The van der Waals surface area contributed by atoms with Crippen molar-refractivity contribution in [1.29, 1.82) is 0 Å². The highest BCUT2D eigenvalue weighted by Crippen LogP contribution is 2.07. The molecule has 0 aliphatic carbocycles. The number of halogens is 1. The van der Waals surface area contributed by atoms with Gasteiger partial charge in [-0.15, -0.1) is 0 Å². The van der Waals surface area contributed by atoms with Crippen molar-refractivity contribution in [2.45, 2.75) is 19.9 Å². The van der Waals surface area contributed by atoms with E-state index in [1.165, 1.54) is 11.6 Å². The van der Waals surface area contributed by atoms with Crippen LogP contribution in [0.1, 0.15) is 16.8 Å². The van der Waals surface area contributed by atoms with Gasteiger partial charge in [0.2, 0.25) is 0 Å². The summed E-state index contributed by atoms with van der Waals surface area (Å²) in [7, 11) is 1.93. The molecule has 0 unspecified atom stereocenters. The average Bonchev–Trinajstić information content (AvgIpc) is 2.68. The SMILES string of the molecule is Cc1c(CNCCc2ccccc2F)cnn1C. The van der Waals surface area contributed by atoms with Gasteiger partial charge in [0.15, 0.2) is 0 Å². The fourth-order valence-electron chi connectivity index (χ4n) is 1.86. The van der Waals surface area contributed by atoms with E-state index in [9.17, 15) is 4.39 Å². The molecule has 0 fully saturated rings. The molecule has 96 valence electrons. The summed E-state index contributed by atoms with van der Waals surface area (Å²) in [4.78, 5) is 0. The maximum absolute atomic E-state index is 13.4. The third-order valence-corrected chi connectivity index (χ3v) is 3.18. The minimum atomic E-state index is -0.128. The topological polar surface area (TPSA) is 29.9 Å². The van der Waals surface area contributed by atoms with Crippen molar-refractivity contribution >= 4 is 0 Å². The van der Waals surface area contributed by atoms with Crippen LogP contribution < -0.4 is 5.32 Å². The smallest absolute Gasteiger partial charge is 0.126 e. The molecule has 0 saturated carbocycles. The van der Waals surface area contributed by atoms with Crippen LogP contribution in [0.4, 0.5) is 4.39 Å². The van der Waals surface area contributed by atoms with E-state index in [0.29, 0.717) is 6.42 Å². The molecule has 0 aliphatic rings. The van der Waals surface area contributed by atoms with Gasteiger partial charge in [0, 0.05) is 24.8 Å². The monoisotopic (exact) mass is 247 g/mol. The third kappa shape index (κ3) is 2.96. The van der Waals surface area contributed by atoms with Crippen LogP contribution in [0.25, 0.3) is 0 Å². The summed E-state index contributed by atoms with van der Waals surface area (Å²) in [6.45, 7) is 3.57. The van der Waals surface area contributed by atoms with Gasteiger partial charge in [0.1, 0.15) is 5.82 Å². The van der Waals surface area contributed by atoms with Crippen LogP contribution in [0, 0.1) is 12.7 Å². The Hall–Kier alpha value is -1.68. The average molecular weight is 247 g/mol. The number of hydrogen-bond acceptors (Lipinski definition) is 2. The zero-order chi connectivity index (χ0) is 13.0. The van der Waals surface area contributed by atoms with E-state index >= 15 is 0 Å². The van der Waals surface area contributed by atoms with Crippen molar-refractivity contribution < 1.29 is 4.39 Å². The predicted octanol–water partition coefficient (Wildman–Crippen LogP) is 2.20. The van der Waals surface area contributed by atoms with Crippen molar-refractivity contribution in [2.75, 3.05) is 6.54 Å². The van der Waals surface area contributed by atoms with E-state index in [0.717, 1.165) is 24.3 Å². The van der Waals surface area contributed by atoms with Gasteiger partial charge >= 0.3 is 0 Å². The Morgan fingerprint density at radius 3 is 2.72 bits per heavy atom. The molecular weight excluding hydrogens is 229 g/mol. The highest BCUT2D eigenvalue weighted by molar-refractivity contribution is 5.18. The molecule has 3 nitrogen and oxygen atoms in total. The summed E-state index contributed by atoms with van der Waals surface area (Å²) in [5.74, 6) is -0.128. The second-order valence-corrected chi connectivity index (χ2v) is 4.40. The van der Waals surface area contributed by atoms with Gasteiger partial charge in [-0.3, -0.25) is 4.68 Å². The first-order valence-corrected chi connectivity index (χ1v) is 6.10. The lowest BCUT2D eigenvalue weighted by molar-refractivity contribution is 0.597. The summed E-state index contributed by atoms with van der Waals surface area (Å²) < 4.78 is 15.2. The minimum absolute atomic E-state index is 0.128. The van der Waals surface area contributed by atoms with Crippen LogP contribution in [0.2, 0.25) is 0 Å². The zero-order valence-electron chi connectivity index (χ0n) is 10.8. The standard InChI is InChI=1S/C14H18FN3/c1-11-13(10-17-18(11)2)9-16-8-7-12-5-3-4-6-14(12)15/h3-6,10,16H,7-9H2,1-2H3. The summed E-state index contributed by atoms with van der Waals surface area (Å²) in [5, 5.41) is 7.50. The predicted molar refractivity (Wildman–Crippen MR) is 69.8 cm³/mol. The molecule has 0 radical (unpaired) electrons. The first kappa shape index (κ1) is 12.8. The Morgan fingerprint density at radius 2 is 2.06 bits per heavy atom. The van der Waals surface area contributed by atoms with Crippen LogP contribution in [-0.4, -0.2) is 16.3 Å². The van der Waals surface area contributed by atoms with E-state index in [2.05, 4.69) is 10.4 Å². The number of aryl methyl sites for hydroxylation is 1. The second kappa shape index (κ2) is 5.78. The van der Waals surface area contributed by atoms with Gasteiger partial charge in [-0.05, 0) is 31.5 Å². The largest absolute Gasteiger partial charge is 0.312 e. The number of benzene rings is 1. The molecule has 0 atom stereocenters. The van der Waals surface area contributed by atoms with E-state index in [-0.39, 0.29) is 5.82 Å². The van der Waals surface area contributed by atoms with Crippen LogP contribution >= 0.6 is 0 Å². The molecule has 0 aliphatic heterocycles. The Morgan fingerprint density at radius 1 is 1.28 bits per heavy atom. The molecule has 1 aromatic carbocycles. The van der Waals surface area contributed by atoms with Gasteiger partial charge < -0.3 is 5.32 Å². The Labute approximate surface area is 107 Å². The summed E-state index contributed by atoms with van der Waals surface area (Å²) in [6, 6.07) is 6.90. The fourth-order valence-corrected chi connectivity index (χ4v) is 1.86. The molecule has 18 heavy (non-hydrogen) atoms. The van der Waals surface area contributed by atoms with Crippen molar-refractivity contribution in [2.24, 2.45) is 7.05 Å². The normalized spacial score (nSPS) is 10.8. The highest BCUT2D eigenvalue weighted by Gasteiger charge is 2.03. The molecule has 2 rings (SSSR count). The van der Waals surface area contributed by atoms with Gasteiger partial charge in [-0.1, -0.05) is 18.2 Å². The number of nitrogens with zero attached hydrogens (tertiary/aromatic N) is 2. The van der Waals surface area contributed by atoms with Gasteiger partial charge in [0.05, 0.1) is 6.20 Å². The maximum atomic E-state index is 13.4. The van der Waals surface area contributed by atoms with Gasteiger partial charge in [-0.2, -0.15) is 5.10 Å². The van der Waals surface area contributed by atoms with Crippen LogP contribution in [0.3, 0.4) is 0 Å². The minimum Gasteiger partial charge on any atom is -0.312 e. The molecule has 2 aromatic rings. The molecule has 0 saturated heterocycles. The quantitative estimate of drug-likeness (QED) is 0.821. The Kier molecular flexibility index (Phi) is 4.10. The summed E-state index contributed by atoms with van der Waals surface area (Å²) >= 11 is 0. The molecule has 0 bridgehead atoms. The lowest BCUT2D eigenvalue weighted by Crippen LogP contribution is -2.17. The number of aromatic nitrogens is 2. The van der Waals surface area contributed by atoms with Crippen LogP contribution in [0.5, 0.6) is 0 Å². The van der Waals surface area contributed by atoms with E-state index in [1.807, 2.05) is 37.0 Å². The maximum Gasteiger partial charge on any atom is 0.126 e. The molecular formula is C14H18FN3. The Balaban J connectivity index is 1.80. The molecule has 1 aromatic heterocycles. The van der Waals surface area contributed by atoms with Gasteiger partial charge in [0.25, 0.3) is 0 Å². The molecule has 1 heterocycles. The highest BCUT2D eigenvalue weighted by atomic mass is 19.1. The molecule has 1 N–H and O–H groups in total. The zero-order valence-corrected chi connectivity index (χ0v) is 10.8. The third-order valence-electron chi connectivity index (χ3n) is 3.18. The van der Waals surface area contributed by atoms with E-state index < -0.39 is 0 Å². The van der Waals surface area contributed by atoms with Crippen molar-refractivity contribution in [3.8, 4) is 0 Å². The van der Waals surface area contributed by atoms with Crippen molar-refractivity contribution in [3.63, 3.8) is 0 Å². The first-order chi connectivity index (χ1) is 8.68. The molecule has 4 heteroatoms. The van der Waals surface area contributed by atoms with Crippen LogP contribution in [-0.2, 0) is 20.0 Å². The van der Waals surface area contributed by atoms with Crippen molar-refractivity contribution in [1.82, 2.24) is 15.1 Å². The van der Waals surface area contributed by atoms with Crippen LogP contribution in [0.15, 0.2) is 30.5 Å². The lowest BCUT2D eigenvalue weighted by Gasteiger charge is -2.05. The first-order valence-electron chi connectivity index (χ1n) is 6.10. The fraction of sp³-hybridized carbons (Fsp3) is 0.357. The Bertz CT molecular complexity index is 520. The van der Waals surface area contributed by atoms with E-state index in [1.54, 1.807) is 6.07 Å².